The van der Waals surface area contributed by atoms with Crippen molar-refractivity contribution in [3.05, 3.63) is 48.4 Å². The highest BCUT2D eigenvalue weighted by Gasteiger charge is 2.15. The molecule has 0 aliphatic carbocycles. The highest BCUT2D eigenvalue weighted by molar-refractivity contribution is 6.02. The molecule has 1 amide bonds. The molecule has 3 rings (SSSR count). The molecular weight excluding hydrogens is 282 g/mol. The zero-order valence-corrected chi connectivity index (χ0v) is 12.2. The van der Waals surface area contributed by atoms with Crippen molar-refractivity contribution in [1.82, 2.24) is 20.2 Å². The maximum Gasteiger partial charge on any atom is 0.295 e. The molecule has 1 N–H and O–H groups in total. The Hall–Kier alpha value is -2.96. The first kappa shape index (κ1) is 14.0. The van der Waals surface area contributed by atoms with Crippen molar-refractivity contribution in [3.63, 3.8) is 0 Å². The summed E-state index contributed by atoms with van der Waals surface area (Å²) >= 11 is 0. The Balaban J connectivity index is 1.74. The Morgan fingerprint density at radius 1 is 1.27 bits per heavy atom. The molecule has 7 nitrogen and oxygen atoms in total. The predicted octanol–water partition coefficient (Wildman–Crippen LogP) is 2.77. The van der Waals surface area contributed by atoms with E-state index < -0.39 is 5.91 Å². The number of nitrogens with one attached hydrogen (secondary N) is 1. The van der Waals surface area contributed by atoms with Gasteiger partial charge in [0.25, 0.3) is 5.91 Å². The Labute approximate surface area is 126 Å². The van der Waals surface area contributed by atoms with Crippen molar-refractivity contribution in [1.29, 1.82) is 0 Å². The van der Waals surface area contributed by atoms with Gasteiger partial charge < -0.3 is 9.84 Å². The van der Waals surface area contributed by atoms with E-state index in [-0.39, 0.29) is 11.8 Å². The van der Waals surface area contributed by atoms with Crippen LogP contribution in [0, 0.1) is 0 Å². The van der Waals surface area contributed by atoms with E-state index in [1.54, 1.807) is 6.07 Å². The lowest BCUT2D eigenvalue weighted by Gasteiger charge is -2.01. The summed E-state index contributed by atoms with van der Waals surface area (Å²) in [4.78, 5) is 13.6. The molecule has 2 heterocycles. The second kappa shape index (κ2) is 5.80. The van der Waals surface area contributed by atoms with Gasteiger partial charge in [0.05, 0.1) is 12.2 Å². The van der Waals surface area contributed by atoms with Crippen LogP contribution in [-0.2, 0) is 0 Å². The van der Waals surface area contributed by atoms with Crippen LogP contribution in [0.5, 0.6) is 0 Å². The number of hydrogen-bond donors (Lipinski definition) is 1. The summed E-state index contributed by atoms with van der Waals surface area (Å²) in [5, 5.41) is 14.7. The van der Waals surface area contributed by atoms with Crippen molar-refractivity contribution in [3.8, 4) is 11.3 Å². The molecule has 0 spiro atoms. The zero-order valence-electron chi connectivity index (χ0n) is 12.2. The smallest absolute Gasteiger partial charge is 0.295 e. The van der Waals surface area contributed by atoms with Gasteiger partial charge in [-0.25, -0.2) is 0 Å². The molecule has 0 saturated carbocycles. The molecule has 0 aliphatic heterocycles. The summed E-state index contributed by atoms with van der Waals surface area (Å²) in [6.45, 7) is 3.91. The molecule has 22 heavy (non-hydrogen) atoms. The molecule has 1 aromatic carbocycles. The fourth-order valence-electron chi connectivity index (χ4n) is 1.89. The third-order valence-electron chi connectivity index (χ3n) is 3.02. The Kier molecular flexibility index (Phi) is 3.69. The average Bonchev–Trinajstić information content (AvgIpc) is 3.17. The van der Waals surface area contributed by atoms with Crippen LogP contribution in [0.15, 0.2) is 47.1 Å². The highest BCUT2D eigenvalue weighted by atomic mass is 16.5. The van der Waals surface area contributed by atoms with Gasteiger partial charge in [-0.15, -0.1) is 5.10 Å². The number of carbonyl (C=O) groups excluding carboxylic acids is 1. The van der Waals surface area contributed by atoms with Gasteiger partial charge in [0.2, 0.25) is 5.76 Å². The van der Waals surface area contributed by atoms with Gasteiger partial charge in [-0.1, -0.05) is 35.5 Å². The van der Waals surface area contributed by atoms with Crippen LogP contribution in [0.1, 0.15) is 30.4 Å². The lowest BCUT2D eigenvalue weighted by molar-refractivity contribution is 0.0987. The lowest BCUT2D eigenvalue weighted by atomic mass is 10.1. The zero-order chi connectivity index (χ0) is 15.5. The molecule has 0 radical (unpaired) electrons. The maximum absolute atomic E-state index is 12.1. The second-order valence-electron chi connectivity index (χ2n) is 5.04. The van der Waals surface area contributed by atoms with Gasteiger partial charge in [0, 0.05) is 11.6 Å². The van der Waals surface area contributed by atoms with Crippen LogP contribution in [0.3, 0.4) is 0 Å². The number of nitrogens with zero attached hydrogens (tertiary/aromatic N) is 4. The topological polar surface area (TPSA) is 85.8 Å². The van der Waals surface area contributed by atoms with Crippen LogP contribution < -0.4 is 5.32 Å². The largest absolute Gasteiger partial charge is 0.350 e. The summed E-state index contributed by atoms with van der Waals surface area (Å²) < 4.78 is 5.09. The first-order chi connectivity index (χ1) is 10.6. The molecule has 2 aromatic heterocycles. The van der Waals surface area contributed by atoms with E-state index in [0.29, 0.717) is 11.5 Å². The molecule has 3 aromatic rings. The standard InChI is InChI=1S/C15H15N5O2/c1-10(2)20-16-9-14(18-20)17-15(21)13-8-12(19-22-13)11-6-4-3-5-7-11/h3-10H,1-2H3,(H,17,18,21). The molecule has 0 bridgehead atoms. The third kappa shape index (κ3) is 2.88. The van der Waals surface area contributed by atoms with Crippen LogP contribution in [0.2, 0.25) is 0 Å². The van der Waals surface area contributed by atoms with E-state index >= 15 is 0 Å². The number of aromatic nitrogens is 4. The molecule has 0 atom stereocenters. The van der Waals surface area contributed by atoms with E-state index in [1.165, 1.54) is 11.0 Å². The van der Waals surface area contributed by atoms with Crippen LogP contribution >= 0.6 is 0 Å². The first-order valence-electron chi connectivity index (χ1n) is 6.89. The number of benzene rings is 1. The third-order valence-corrected chi connectivity index (χ3v) is 3.02. The number of carbonyl (C=O) groups is 1. The number of amides is 1. The maximum atomic E-state index is 12.1. The van der Waals surface area contributed by atoms with E-state index in [2.05, 4.69) is 20.7 Å². The van der Waals surface area contributed by atoms with Crippen LogP contribution in [0.25, 0.3) is 11.3 Å². The minimum absolute atomic E-state index is 0.123. The van der Waals surface area contributed by atoms with Gasteiger partial charge in [0.1, 0.15) is 5.69 Å². The van der Waals surface area contributed by atoms with E-state index in [1.807, 2.05) is 44.2 Å². The van der Waals surface area contributed by atoms with Gasteiger partial charge in [-0.2, -0.15) is 9.90 Å². The quantitative estimate of drug-likeness (QED) is 0.800. The van der Waals surface area contributed by atoms with Gasteiger partial charge >= 0.3 is 0 Å². The summed E-state index contributed by atoms with van der Waals surface area (Å²) in [7, 11) is 0. The molecule has 0 unspecified atom stereocenters. The molecule has 7 heteroatoms. The lowest BCUT2D eigenvalue weighted by Crippen LogP contribution is -2.12. The summed E-state index contributed by atoms with van der Waals surface area (Å²) in [5.74, 6) is 0.0831. The van der Waals surface area contributed by atoms with Crippen molar-refractivity contribution in [2.45, 2.75) is 19.9 Å². The normalized spacial score (nSPS) is 10.9. The fraction of sp³-hybridized carbons (Fsp3) is 0.200. The second-order valence-corrected chi connectivity index (χ2v) is 5.04. The SMILES string of the molecule is CC(C)n1ncc(NC(=O)c2cc(-c3ccccc3)no2)n1. The Bertz CT molecular complexity index is 776. The van der Waals surface area contributed by atoms with Gasteiger partial charge in [-0.3, -0.25) is 4.79 Å². The molecule has 112 valence electrons. The van der Waals surface area contributed by atoms with Crippen molar-refractivity contribution < 1.29 is 9.32 Å². The van der Waals surface area contributed by atoms with Crippen molar-refractivity contribution >= 4 is 11.7 Å². The van der Waals surface area contributed by atoms with E-state index in [0.717, 1.165) is 5.56 Å². The fourth-order valence-corrected chi connectivity index (χ4v) is 1.89. The minimum Gasteiger partial charge on any atom is -0.350 e. The van der Waals surface area contributed by atoms with Gasteiger partial charge in [0.15, 0.2) is 5.82 Å². The highest BCUT2D eigenvalue weighted by Crippen LogP contribution is 2.19. The number of hydrogen-bond acceptors (Lipinski definition) is 5. The van der Waals surface area contributed by atoms with E-state index in [9.17, 15) is 4.79 Å². The van der Waals surface area contributed by atoms with Crippen molar-refractivity contribution in [2.75, 3.05) is 5.32 Å². The Morgan fingerprint density at radius 2 is 2.05 bits per heavy atom. The van der Waals surface area contributed by atoms with Crippen LogP contribution in [-0.4, -0.2) is 26.1 Å². The van der Waals surface area contributed by atoms with Crippen LogP contribution in [0.4, 0.5) is 5.82 Å². The summed E-state index contributed by atoms with van der Waals surface area (Å²) in [6.07, 6.45) is 1.49. The van der Waals surface area contributed by atoms with E-state index in [4.69, 9.17) is 4.52 Å². The predicted molar refractivity (Wildman–Crippen MR) is 80.3 cm³/mol. The monoisotopic (exact) mass is 297 g/mol. The van der Waals surface area contributed by atoms with Gasteiger partial charge in [-0.05, 0) is 13.8 Å². The first-order valence-corrected chi connectivity index (χ1v) is 6.89. The molecule has 0 saturated heterocycles. The minimum atomic E-state index is -0.412. The molecule has 0 fully saturated rings. The van der Waals surface area contributed by atoms with Crippen molar-refractivity contribution in [2.24, 2.45) is 0 Å². The number of rotatable bonds is 4. The molecular formula is C15H15N5O2. The summed E-state index contributed by atoms with van der Waals surface area (Å²) in [5.41, 5.74) is 1.49. The summed E-state index contributed by atoms with van der Waals surface area (Å²) in [6, 6.07) is 11.2. The average molecular weight is 297 g/mol. The number of anilines is 1. The molecule has 0 aliphatic rings. The Morgan fingerprint density at radius 3 is 2.73 bits per heavy atom.